The molecule has 1 aromatic rings. The Morgan fingerprint density at radius 2 is 2.14 bits per heavy atom. The van der Waals surface area contributed by atoms with Crippen molar-refractivity contribution in [1.29, 1.82) is 0 Å². The first-order valence-electron chi connectivity index (χ1n) is 7.54. The van der Waals surface area contributed by atoms with Crippen molar-refractivity contribution in [2.75, 3.05) is 13.2 Å². The number of carbonyl (C=O) groups is 1. The Balaban J connectivity index is 0.00000242. The van der Waals surface area contributed by atoms with E-state index in [0.29, 0.717) is 31.2 Å². The average Bonchev–Trinajstić information content (AvgIpc) is 2.45. The number of ether oxygens (including phenoxy) is 1. The van der Waals surface area contributed by atoms with Gasteiger partial charge in [0.05, 0.1) is 6.61 Å². The third kappa shape index (κ3) is 6.62. The summed E-state index contributed by atoms with van der Waals surface area (Å²) in [5, 5.41) is 6.43. The van der Waals surface area contributed by atoms with Gasteiger partial charge in [0, 0.05) is 18.5 Å². The second-order valence-electron chi connectivity index (χ2n) is 5.55. The third-order valence-electron chi connectivity index (χ3n) is 3.62. The molecule has 1 aliphatic heterocycles. The maximum Gasteiger partial charge on any atom is 0.220 e. The SMILES string of the molecule is CC1CC(NC(=O)CCCOc2ccc(F)cc2)CCN1.Cl. The van der Waals surface area contributed by atoms with Crippen LogP contribution in [0.5, 0.6) is 5.75 Å². The molecule has 1 aliphatic rings. The Hall–Kier alpha value is -1.33. The van der Waals surface area contributed by atoms with Crippen LogP contribution >= 0.6 is 12.4 Å². The summed E-state index contributed by atoms with van der Waals surface area (Å²) in [5.41, 5.74) is 0. The summed E-state index contributed by atoms with van der Waals surface area (Å²) in [5.74, 6) is 0.429. The average molecular weight is 331 g/mol. The van der Waals surface area contributed by atoms with Crippen LogP contribution in [-0.4, -0.2) is 31.1 Å². The van der Waals surface area contributed by atoms with Gasteiger partial charge >= 0.3 is 0 Å². The molecule has 2 rings (SSSR count). The van der Waals surface area contributed by atoms with E-state index in [4.69, 9.17) is 4.74 Å². The van der Waals surface area contributed by atoms with E-state index < -0.39 is 0 Å². The summed E-state index contributed by atoms with van der Waals surface area (Å²) in [7, 11) is 0. The Bertz CT molecular complexity index is 456. The van der Waals surface area contributed by atoms with E-state index >= 15 is 0 Å². The monoisotopic (exact) mass is 330 g/mol. The number of amides is 1. The van der Waals surface area contributed by atoms with E-state index in [2.05, 4.69) is 17.6 Å². The zero-order valence-electron chi connectivity index (χ0n) is 12.8. The lowest BCUT2D eigenvalue weighted by molar-refractivity contribution is -0.122. The Morgan fingerprint density at radius 1 is 1.41 bits per heavy atom. The van der Waals surface area contributed by atoms with Gasteiger partial charge in [-0.05, 0) is 57.0 Å². The maximum atomic E-state index is 12.7. The molecule has 0 aliphatic carbocycles. The normalized spacial score (nSPS) is 20.8. The minimum Gasteiger partial charge on any atom is -0.494 e. The van der Waals surface area contributed by atoms with Crippen LogP contribution in [0.15, 0.2) is 24.3 Å². The van der Waals surface area contributed by atoms with Crippen molar-refractivity contribution < 1.29 is 13.9 Å². The molecule has 1 amide bonds. The number of nitrogens with one attached hydrogen (secondary N) is 2. The molecule has 6 heteroatoms. The third-order valence-corrected chi connectivity index (χ3v) is 3.62. The van der Waals surface area contributed by atoms with Gasteiger partial charge in [0.1, 0.15) is 11.6 Å². The van der Waals surface area contributed by atoms with E-state index in [1.165, 1.54) is 12.1 Å². The molecule has 0 bridgehead atoms. The lowest BCUT2D eigenvalue weighted by atomic mass is 10.0. The van der Waals surface area contributed by atoms with Gasteiger partial charge in [-0.15, -0.1) is 12.4 Å². The Morgan fingerprint density at radius 3 is 2.82 bits per heavy atom. The van der Waals surface area contributed by atoms with Gasteiger partial charge in [-0.1, -0.05) is 0 Å². The minimum absolute atomic E-state index is 0. The predicted molar refractivity (Wildman–Crippen MR) is 87.0 cm³/mol. The van der Waals surface area contributed by atoms with Gasteiger partial charge in [0.15, 0.2) is 0 Å². The number of hydrogen-bond donors (Lipinski definition) is 2. The van der Waals surface area contributed by atoms with Crippen molar-refractivity contribution >= 4 is 18.3 Å². The summed E-state index contributed by atoms with van der Waals surface area (Å²) in [6.45, 7) is 3.55. The van der Waals surface area contributed by atoms with Crippen LogP contribution in [0.3, 0.4) is 0 Å². The lowest BCUT2D eigenvalue weighted by Gasteiger charge is -2.28. The topological polar surface area (TPSA) is 50.4 Å². The minimum atomic E-state index is -0.280. The molecule has 2 unspecified atom stereocenters. The van der Waals surface area contributed by atoms with E-state index in [-0.39, 0.29) is 30.2 Å². The summed E-state index contributed by atoms with van der Waals surface area (Å²) >= 11 is 0. The highest BCUT2D eigenvalue weighted by molar-refractivity contribution is 5.85. The summed E-state index contributed by atoms with van der Waals surface area (Å²) in [6.07, 6.45) is 3.09. The summed E-state index contributed by atoms with van der Waals surface area (Å²) < 4.78 is 18.2. The second kappa shape index (κ2) is 9.64. The molecule has 4 nitrogen and oxygen atoms in total. The number of hydrogen-bond acceptors (Lipinski definition) is 3. The van der Waals surface area contributed by atoms with Gasteiger partial charge < -0.3 is 15.4 Å². The van der Waals surface area contributed by atoms with Gasteiger partial charge in [-0.2, -0.15) is 0 Å². The molecule has 0 spiro atoms. The van der Waals surface area contributed by atoms with Crippen LogP contribution in [0.25, 0.3) is 0 Å². The fourth-order valence-electron chi connectivity index (χ4n) is 2.52. The highest BCUT2D eigenvalue weighted by atomic mass is 35.5. The summed E-state index contributed by atoms with van der Waals surface area (Å²) in [6, 6.07) is 6.65. The van der Waals surface area contributed by atoms with E-state index in [1.54, 1.807) is 12.1 Å². The highest BCUT2D eigenvalue weighted by Crippen LogP contribution is 2.12. The van der Waals surface area contributed by atoms with Crippen molar-refractivity contribution in [3.8, 4) is 5.75 Å². The highest BCUT2D eigenvalue weighted by Gasteiger charge is 2.19. The first kappa shape index (κ1) is 18.7. The van der Waals surface area contributed by atoms with Crippen LogP contribution < -0.4 is 15.4 Å². The molecule has 0 aromatic heterocycles. The lowest BCUT2D eigenvalue weighted by Crippen LogP contribution is -2.46. The summed E-state index contributed by atoms with van der Waals surface area (Å²) in [4.78, 5) is 11.8. The van der Waals surface area contributed by atoms with E-state index in [9.17, 15) is 9.18 Å². The van der Waals surface area contributed by atoms with Crippen molar-refractivity contribution in [1.82, 2.24) is 10.6 Å². The van der Waals surface area contributed by atoms with Crippen molar-refractivity contribution in [3.63, 3.8) is 0 Å². The Kier molecular flexibility index (Phi) is 8.20. The molecule has 124 valence electrons. The number of benzene rings is 1. The van der Waals surface area contributed by atoms with Crippen LogP contribution in [0.4, 0.5) is 4.39 Å². The molecule has 0 radical (unpaired) electrons. The second-order valence-corrected chi connectivity index (χ2v) is 5.55. The molecule has 2 atom stereocenters. The zero-order valence-corrected chi connectivity index (χ0v) is 13.6. The van der Waals surface area contributed by atoms with Crippen LogP contribution in [0.1, 0.15) is 32.6 Å². The molecule has 22 heavy (non-hydrogen) atoms. The van der Waals surface area contributed by atoms with E-state index in [1.807, 2.05) is 0 Å². The molecule has 1 saturated heterocycles. The maximum absolute atomic E-state index is 12.7. The van der Waals surface area contributed by atoms with Crippen LogP contribution in [0, 0.1) is 5.82 Å². The zero-order chi connectivity index (χ0) is 15.1. The fourth-order valence-corrected chi connectivity index (χ4v) is 2.52. The number of halogens is 2. The van der Waals surface area contributed by atoms with Crippen LogP contribution in [0.2, 0.25) is 0 Å². The Labute approximate surface area is 137 Å². The standard InChI is InChI=1S/C16H23FN2O2.ClH/c1-12-11-14(8-9-18-12)19-16(20)3-2-10-21-15-6-4-13(17)5-7-15;/h4-7,12,14,18H,2-3,8-11H2,1H3,(H,19,20);1H. The van der Waals surface area contributed by atoms with Gasteiger partial charge in [0.2, 0.25) is 5.91 Å². The largest absolute Gasteiger partial charge is 0.494 e. The van der Waals surface area contributed by atoms with Gasteiger partial charge in [-0.25, -0.2) is 4.39 Å². The van der Waals surface area contributed by atoms with Crippen molar-refractivity contribution in [3.05, 3.63) is 30.1 Å². The molecule has 1 fully saturated rings. The first-order chi connectivity index (χ1) is 10.1. The molecular formula is C16H24ClFN2O2. The van der Waals surface area contributed by atoms with Crippen molar-refractivity contribution in [2.45, 2.75) is 44.7 Å². The number of rotatable bonds is 6. The fraction of sp³-hybridized carbons (Fsp3) is 0.562. The number of carbonyl (C=O) groups excluding carboxylic acids is 1. The number of piperidine rings is 1. The quantitative estimate of drug-likeness (QED) is 0.788. The van der Waals surface area contributed by atoms with Gasteiger partial charge in [0.25, 0.3) is 0 Å². The van der Waals surface area contributed by atoms with Crippen LogP contribution in [-0.2, 0) is 4.79 Å². The van der Waals surface area contributed by atoms with Gasteiger partial charge in [-0.3, -0.25) is 4.79 Å². The van der Waals surface area contributed by atoms with E-state index in [0.717, 1.165) is 19.4 Å². The molecular weight excluding hydrogens is 307 g/mol. The molecule has 0 saturated carbocycles. The molecule has 1 heterocycles. The molecule has 1 aromatic carbocycles. The van der Waals surface area contributed by atoms with Crippen molar-refractivity contribution in [2.24, 2.45) is 0 Å². The molecule has 2 N–H and O–H groups in total. The smallest absolute Gasteiger partial charge is 0.220 e. The first-order valence-corrected chi connectivity index (χ1v) is 7.54. The predicted octanol–water partition coefficient (Wildman–Crippen LogP) is 2.66.